The summed E-state index contributed by atoms with van der Waals surface area (Å²) in [7, 11) is 1.76. The standard InChI is InChI=1S/C15H23NO/c1-10-4-5-13(15(17-3)11(10)2)8-9-14(16)12-6-7-12/h4-5,12,14H,6-9,16H2,1-3H3. The lowest BCUT2D eigenvalue weighted by atomic mass is 9.98. The fourth-order valence-corrected chi connectivity index (χ4v) is 2.41. The summed E-state index contributed by atoms with van der Waals surface area (Å²) >= 11 is 0. The SMILES string of the molecule is COc1c(CCC(N)C2CC2)ccc(C)c1C. The van der Waals surface area contributed by atoms with Gasteiger partial charge in [0.25, 0.3) is 0 Å². The molecule has 1 fully saturated rings. The quantitative estimate of drug-likeness (QED) is 0.848. The number of hydrogen-bond acceptors (Lipinski definition) is 2. The summed E-state index contributed by atoms with van der Waals surface area (Å²) in [5.41, 5.74) is 9.99. The molecule has 1 atom stereocenters. The second-order valence-corrected chi connectivity index (χ2v) is 5.24. The molecule has 0 saturated heterocycles. The molecule has 2 N–H and O–H groups in total. The molecule has 1 aliphatic rings. The van der Waals surface area contributed by atoms with Gasteiger partial charge in [0.1, 0.15) is 5.75 Å². The van der Waals surface area contributed by atoms with Gasteiger partial charge in [-0.1, -0.05) is 12.1 Å². The van der Waals surface area contributed by atoms with E-state index in [0.29, 0.717) is 6.04 Å². The van der Waals surface area contributed by atoms with Crippen LogP contribution in [0.25, 0.3) is 0 Å². The third kappa shape index (κ3) is 2.81. The highest BCUT2D eigenvalue weighted by Gasteiger charge is 2.28. The van der Waals surface area contributed by atoms with Crippen LogP contribution in [0.4, 0.5) is 0 Å². The lowest BCUT2D eigenvalue weighted by Crippen LogP contribution is -2.23. The first-order chi connectivity index (χ1) is 8.13. The molecule has 0 aliphatic heterocycles. The third-order valence-corrected chi connectivity index (χ3v) is 3.94. The van der Waals surface area contributed by atoms with Gasteiger partial charge in [0, 0.05) is 6.04 Å². The van der Waals surface area contributed by atoms with Crippen LogP contribution in [0.15, 0.2) is 12.1 Å². The Morgan fingerprint density at radius 1 is 1.35 bits per heavy atom. The average Bonchev–Trinajstić information content (AvgIpc) is 3.14. The van der Waals surface area contributed by atoms with Gasteiger partial charge in [-0.05, 0) is 62.1 Å². The maximum atomic E-state index is 6.15. The summed E-state index contributed by atoms with van der Waals surface area (Å²) in [5.74, 6) is 1.83. The van der Waals surface area contributed by atoms with Crippen molar-refractivity contribution in [2.24, 2.45) is 11.7 Å². The van der Waals surface area contributed by atoms with Crippen molar-refractivity contribution in [2.45, 2.75) is 45.6 Å². The molecule has 1 aliphatic carbocycles. The Kier molecular flexibility index (Phi) is 3.72. The minimum atomic E-state index is 0.376. The summed E-state index contributed by atoms with van der Waals surface area (Å²) in [4.78, 5) is 0. The molecule has 1 unspecified atom stereocenters. The van der Waals surface area contributed by atoms with Crippen molar-refractivity contribution < 1.29 is 4.74 Å². The fraction of sp³-hybridized carbons (Fsp3) is 0.600. The predicted molar refractivity (Wildman–Crippen MR) is 71.5 cm³/mol. The van der Waals surface area contributed by atoms with Crippen LogP contribution in [0.3, 0.4) is 0 Å². The Balaban J connectivity index is 2.06. The van der Waals surface area contributed by atoms with E-state index in [1.54, 1.807) is 7.11 Å². The van der Waals surface area contributed by atoms with Gasteiger partial charge in [-0.25, -0.2) is 0 Å². The molecule has 1 saturated carbocycles. The van der Waals surface area contributed by atoms with Crippen LogP contribution in [0.1, 0.15) is 36.0 Å². The number of hydrogen-bond donors (Lipinski definition) is 1. The highest BCUT2D eigenvalue weighted by atomic mass is 16.5. The molecule has 0 heterocycles. The van der Waals surface area contributed by atoms with E-state index in [1.807, 2.05) is 0 Å². The second kappa shape index (κ2) is 5.09. The van der Waals surface area contributed by atoms with Crippen LogP contribution in [-0.2, 0) is 6.42 Å². The zero-order valence-electron chi connectivity index (χ0n) is 11.1. The summed E-state index contributed by atoms with van der Waals surface area (Å²) in [5, 5.41) is 0. The van der Waals surface area contributed by atoms with E-state index in [1.165, 1.54) is 29.5 Å². The molecule has 0 spiro atoms. The lowest BCUT2D eigenvalue weighted by Gasteiger charge is -2.15. The Hall–Kier alpha value is -1.02. The minimum absolute atomic E-state index is 0.376. The topological polar surface area (TPSA) is 35.2 Å². The second-order valence-electron chi connectivity index (χ2n) is 5.24. The predicted octanol–water partition coefficient (Wildman–Crippen LogP) is 2.98. The van der Waals surface area contributed by atoms with E-state index in [0.717, 1.165) is 24.5 Å². The number of nitrogens with two attached hydrogens (primary N) is 1. The molecule has 0 bridgehead atoms. The molecule has 2 rings (SSSR count). The van der Waals surface area contributed by atoms with E-state index in [-0.39, 0.29) is 0 Å². The van der Waals surface area contributed by atoms with Crippen molar-refractivity contribution in [1.82, 2.24) is 0 Å². The maximum absolute atomic E-state index is 6.15. The molecule has 0 radical (unpaired) electrons. The molecular formula is C15H23NO. The van der Waals surface area contributed by atoms with Crippen LogP contribution < -0.4 is 10.5 Å². The highest BCUT2D eigenvalue weighted by molar-refractivity contribution is 5.45. The summed E-state index contributed by atoms with van der Waals surface area (Å²) in [6.45, 7) is 4.25. The van der Waals surface area contributed by atoms with Crippen LogP contribution in [0, 0.1) is 19.8 Å². The zero-order chi connectivity index (χ0) is 12.4. The molecule has 0 amide bonds. The van der Waals surface area contributed by atoms with Crippen molar-refractivity contribution in [2.75, 3.05) is 7.11 Å². The Morgan fingerprint density at radius 2 is 2.06 bits per heavy atom. The molecule has 2 heteroatoms. The maximum Gasteiger partial charge on any atom is 0.125 e. The molecular weight excluding hydrogens is 210 g/mol. The molecule has 17 heavy (non-hydrogen) atoms. The normalized spacial score (nSPS) is 16.9. The van der Waals surface area contributed by atoms with E-state index in [2.05, 4.69) is 26.0 Å². The third-order valence-electron chi connectivity index (χ3n) is 3.94. The van der Waals surface area contributed by atoms with Gasteiger partial charge in [-0.15, -0.1) is 0 Å². The van der Waals surface area contributed by atoms with Crippen molar-refractivity contribution >= 4 is 0 Å². The lowest BCUT2D eigenvalue weighted by molar-refractivity contribution is 0.404. The van der Waals surface area contributed by atoms with Gasteiger partial charge < -0.3 is 10.5 Å². The number of rotatable bonds is 5. The van der Waals surface area contributed by atoms with E-state index in [4.69, 9.17) is 10.5 Å². The number of aryl methyl sites for hydroxylation is 2. The minimum Gasteiger partial charge on any atom is -0.496 e. The van der Waals surface area contributed by atoms with Crippen molar-refractivity contribution in [3.8, 4) is 5.75 Å². The Labute approximate surface area is 104 Å². The number of methoxy groups -OCH3 is 1. The van der Waals surface area contributed by atoms with Gasteiger partial charge in [-0.2, -0.15) is 0 Å². The average molecular weight is 233 g/mol. The van der Waals surface area contributed by atoms with E-state index in [9.17, 15) is 0 Å². The van der Waals surface area contributed by atoms with Crippen molar-refractivity contribution in [3.63, 3.8) is 0 Å². The Bertz CT molecular complexity index is 396. The fourth-order valence-electron chi connectivity index (χ4n) is 2.41. The zero-order valence-corrected chi connectivity index (χ0v) is 11.1. The smallest absolute Gasteiger partial charge is 0.125 e. The van der Waals surface area contributed by atoms with E-state index < -0.39 is 0 Å². The monoisotopic (exact) mass is 233 g/mol. The summed E-state index contributed by atoms with van der Waals surface area (Å²) in [6, 6.07) is 4.73. The largest absolute Gasteiger partial charge is 0.496 e. The summed E-state index contributed by atoms with van der Waals surface area (Å²) < 4.78 is 5.52. The van der Waals surface area contributed by atoms with E-state index >= 15 is 0 Å². The van der Waals surface area contributed by atoms with Crippen LogP contribution in [0.5, 0.6) is 5.75 Å². The first kappa shape index (κ1) is 12.4. The van der Waals surface area contributed by atoms with Crippen LogP contribution in [0.2, 0.25) is 0 Å². The first-order valence-electron chi connectivity index (χ1n) is 6.52. The first-order valence-corrected chi connectivity index (χ1v) is 6.52. The van der Waals surface area contributed by atoms with Gasteiger partial charge in [-0.3, -0.25) is 0 Å². The van der Waals surface area contributed by atoms with Gasteiger partial charge in [0.05, 0.1) is 7.11 Å². The number of benzene rings is 1. The van der Waals surface area contributed by atoms with Crippen LogP contribution >= 0.6 is 0 Å². The van der Waals surface area contributed by atoms with Gasteiger partial charge >= 0.3 is 0 Å². The van der Waals surface area contributed by atoms with Gasteiger partial charge in [0.15, 0.2) is 0 Å². The molecule has 0 aromatic heterocycles. The number of ether oxygens (including phenoxy) is 1. The molecule has 94 valence electrons. The molecule has 2 nitrogen and oxygen atoms in total. The molecule has 1 aromatic rings. The van der Waals surface area contributed by atoms with Crippen molar-refractivity contribution in [1.29, 1.82) is 0 Å². The highest BCUT2D eigenvalue weighted by Crippen LogP contribution is 2.34. The Morgan fingerprint density at radius 3 is 2.65 bits per heavy atom. The summed E-state index contributed by atoms with van der Waals surface area (Å²) in [6.07, 6.45) is 4.75. The molecule has 1 aromatic carbocycles. The van der Waals surface area contributed by atoms with Crippen molar-refractivity contribution in [3.05, 3.63) is 28.8 Å². The van der Waals surface area contributed by atoms with Crippen LogP contribution in [-0.4, -0.2) is 13.2 Å². The van der Waals surface area contributed by atoms with Gasteiger partial charge in [0.2, 0.25) is 0 Å².